The first-order valence-electron chi connectivity index (χ1n) is 10.3. The first-order chi connectivity index (χ1) is 15.2. The molecule has 0 aliphatic carbocycles. The Morgan fingerprint density at radius 2 is 1.94 bits per heavy atom. The highest BCUT2D eigenvalue weighted by Crippen LogP contribution is 2.36. The molecular formula is C24H26N4O4. The highest BCUT2D eigenvalue weighted by molar-refractivity contribution is 6.05. The number of rotatable bonds is 5. The second kappa shape index (κ2) is 8.37. The second-order valence-electron chi connectivity index (χ2n) is 8.10. The van der Waals surface area contributed by atoms with Crippen molar-refractivity contribution in [3.63, 3.8) is 0 Å². The fraction of sp³-hybridized carbons (Fsp3) is 0.292. The van der Waals surface area contributed by atoms with Crippen LogP contribution in [-0.2, 0) is 11.3 Å². The first kappa shape index (κ1) is 21.4. The number of aromatic nitrogens is 1. The van der Waals surface area contributed by atoms with Gasteiger partial charge in [-0.1, -0.05) is 5.16 Å². The molecule has 4 rings (SSSR count). The van der Waals surface area contributed by atoms with Gasteiger partial charge in [0.15, 0.2) is 6.61 Å². The Hall–Kier alpha value is -3.81. The van der Waals surface area contributed by atoms with Gasteiger partial charge in [-0.25, -0.2) is 0 Å². The first-order valence-corrected chi connectivity index (χ1v) is 10.3. The van der Waals surface area contributed by atoms with Gasteiger partial charge in [-0.05, 0) is 62.7 Å². The van der Waals surface area contributed by atoms with E-state index in [2.05, 4.69) is 10.5 Å². The highest BCUT2D eigenvalue weighted by atomic mass is 16.5. The second-order valence-corrected chi connectivity index (χ2v) is 8.10. The quantitative estimate of drug-likeness (QED) is 0.656. The lowest BCUT2D eigenvalue weighted by atomic mass is 10.1. The van der Waals surface area contributed by atoms with Gasteiger partial charge in [-0.2, -0.15) is 0 Å². The Bertz CT molecular complexity index is 1180. The number of ether oxygens (including phenoxy) is 1. The zero-order valence-corrected chi connectivity index (χ0v) is 18.9. The normalized spacial score (nSPS) is 12.9. The number of nitrogens with zero attached hydrogens (tertiary/aromatic N) is 3. The number of anilines is 3. The van der Waals surface area contributed by atoms with E-state index >= 15 is 0 Å². The van der Waals surface area contributed by atoms with E-state index in [9.17, 15) is 9.59 Å². The summed E-state index contributed by atoms with van der Waals surface area (Å²) < 4.78 is 10.8. The third-order valence-electron chi connectivity index (χ3n) is 5.60. The smallest absolute Gasteiger partial charge is 0.265 e. The van der Waals surface area contributed by atoms with E-state index in [1.165, 1.54) is 0 Å². The summed E-state index contributed by atoms with van der Waals surface area (Å²) in [5.41, 5.74) is 5.40. The molecule has 2 aromatic carbocycles. The van der Waals surface area contributed by atoms with E-state index < -0.39 is 0 Å². The molecule has 1 N–H and O–H groups in total. The predicted molar refractivity (Wildman–Crippen MR) is 123 cm³/mol. The average Bonchev–Trinajstić information content (AvgIpc) is 3.07. The zero-order chi connectivity index (χ0) is 23.0. The van der Waals surface area contributed by atoms with Gasteiger partial charge >= 0.3 is 0 Å². The summed E-state index contributed by atoms with van der Waals surface area (Å²) in [6, 6.07) is 10.9. The SMILES string of the molecule is Cc1cc(C(=O)Nc2ccc3c(c2)N(Cc2c(C)noc2C)C(=O)CO3)ccc1N(C)C. The number of hydrogen-bond donors (Lipinski definition) is 1. The van der Waals surface area contributed by atoms with Gasteiger partial charge in [0, 0.05) is 36.6 Å². The number of hydrogen-bond acceptors (Lipinski definition) is 6. The van der Waals surface area contributed by atoms with E-state index in [0.717, 1.165) is 22.5 Å². The summed E-state index contributed by atoms with van der Waals surface area (Å²) in [6.07, 6.45) is 0. The van der Waals surface area contributed by atoms with Gasteiger partial charge in [0.05, 0.1) is 17.9 Å². The molecule has 0 saturated heterocycles. The minimum absolute atomic E-state index is 0.0421. The van der Waals surface area contributed by atoms with Crippen LogP contribution in [0.1, 0.15) is 32.9 Å². The van der Waals surface area contributed by atoms with Gasteiger partial charge in [-0.3, -0.25) is 9.59 Å². The Morgan fingerprint density at radius 3 is 2.59 bits per heavy atom. The molecule has 0 spiro atoms. The van der Waals surface area contributed by atoms with Crippen molar-refractivity contribution in [2.75, 3.05) is 35.8 Å². The van der Waals surface area contributed by atoms with Crippen LogP contribution in [0.3, 0.4) is 0 Å². The fourth-order valence-electron chi connectivity index (χ4n) is 3.84. The lowest BCUT2D eigenvalue weighted by Crippen LogP contribution is -2.38. The van der Waals surface area contributed by atoms with E-state index in [1.54, 1.807) is 29.2 Å². The molecule has 0 fully saturated rings. The van der Waals surface area contributed by atoms with E-state index in [-0.39, 0.29) is 18.4 Å². The standard InChI is InChI=1S/C24H26N4O4/c1-14-10-17(6-8-20(14)27(4)5)24(30)25-18-7-9-22-21(11-18)28(23(29)13-31-22)12-19-15(2)26-32-16(19)3/h6-11H,12-13H2,1-5H3,(H,25,30). The molecule has 0 radical (unpaired) electrons. The summed E-state index contributed by atoms with van der Waals surface area (Å²) in [7, 11) is 3.93. The maximum atomic E-state index is 12.8. The number of carbonyl (C=O) groups excluding carboxylic acids is 2. The molecule has 0 saturated carbocycles. The van der Waals surface area contributed by atoms with Gasteiger partial charge in [0.25, 0.3) is 11.8 Å². The summed E-state index contributed by atoms with van der Waals surface area (Å²) >= 11 is 0. The zero-order valence-electron chi connectivity index (χ0n) is 18.9. The molecule has 1 aliphatic heterocycles. The van der Waals surface area contributed by atoms with E-state index in [4.69, 9.17) is 9.26 Å². The summed E-state index contributed by atoms with van der Waals surface area (Å²) in [5.74, 6) is 0.861. The topological polar surface area (TPSA) is 87.9 Å². The number of amides is 2. The van der Waals surface area contributed by atoms with Crippen molar-refractivity contribution >= 4 is 28.9 Å². The van der Waals surface area contributed by atoms with E-state index in [0.29, 0.717) is 35.0 Å². The molecule has 8 heteroatoms. The van der Waals surface area contributed by atoms with Crippen LogP contribution in [-0.4, -0.2) is 37.7 Å². The molecule has 3 aromatic rings. The van der Waals surface area contributed by atoms with Crippen molar-refractivity contribution in [2.45, 2.75) is 27.3 Å². The van der Waals surface area contributed by atoms with Crippen molar-refractivity contribution < 1.29 is 18.8 Å². The highest BCUT2D eigenvalue weighted by Gasteiger charge is 2.28. The Morgan fingerprint density at radius 1 is 1.16 bits per heavy atom. The number of carbonyl (C=O) groups is 2. The van der Waals surface area contributed by atoms with Crippen molar-refractivity contribution in [2.24, 2.45) is 0 Å². The van der Waals surface area contributed by atoms with Crippen molar-refractivity contribution in [3.05, 3.63) is 64.5 Å². The van der Waals surface area contributed by atoms with Crippen molar-refractivity contribution in [1.29, 1.82) is 0 Å². The molecule has 8 nitrogen and oxygen atoms in total. The van der Waals surface area contributed by atoms with Crippen LogP contribution < -0.4 is 19.9 Å². The Kier molecular flexibility index (Phi) is 5.61. The van der Waals surface area contributed by atoms with Gasteiger partial charge in [-0.15, -0.1) is 0 Å². The molecule has 1 aromatic heterocycles. The van der Waals surface area contributed by atoms with Crippen LogP contribution in [0.15, 0.2) is 40.9 Å². The maximum absolute atomic E-state index is 12.8. The summed E-state index contributed by atoms with van der Waals surface area (Å²) in [4.78, 5) is 29.1. The summed E-state index contributed by atoms with van der Waals surface area (Å²) in [6.45, 7) is 5.92. The van der Waals surface area contributed by atoms with Gasteiger partial charge in [0.2, 0.25) is 0 Å². The molecule has 1 aliphatic rings. The third-order valence-corrected chi connectivity index (χ3v) is 5.60. The van der Waals surface area contributed by atoms with Gasteiger partial charge in [0.1, 0.15) is 11.5 Å². The number of fused-ring (bicyclic) bond motifs is 1. The Labute approximate surface area is 186 Å². The lowest BCUT2D eigenvalue weighted by molar-refractivity contribution is -0.121. The number of nitrogens with one attached hydrogen (secondary N) is 1. The fourth-order valence-corrected chi connectivity index (χ4v) is 3.84. The minimum Gasteiger partial charge on any atom is -0.482 e. The maximum Gasteiger partial charge on any atom is 0.265 e. The summed E-state index contributed by atoms with van der Waals surface area (Å²) in [5, 5.41) is 6.90. The number of aryl methyl sites for hydroxylation is 3. The molecule has 0 atom stereocenters. The van der Waals surface area contributed by atoms with Crippen LogP contribution >= 0.6 is 0 Å². The average molecular weight is 434 g/mol. The molecule has 32 heavy (non-hydrogen) atoms. The molecular weight excluding hydrogens is 408 g/mol. The van der Waals surface area contributed by atoms with E-state index in [1.807, 2.05) is 51.9 Å². The van der Waals surface area contributed by atoms with Crippen LogP contribution in [0, 0.1) is 20.8 Å². The lowest BCUT2D eigenvalue weighted by Gasteiger charge is -2.29. The Balaban J connectivity index is 1.60. The van der Waals surface area contributed by atoms with Crippen LogP contribution in [0.5, 0.6) is 5.75 Å². The number of benzene rings is 2. The van der Waals surface area contributed by atoms with Crippen molar-refractivity contribution in [1.82, 2.24) is 5.16 Å². The van der Waals surface area contributed by atoms with Crippen LogP contribution in [0.4, 0.5) is 17.1 Å². The van der Waals surface area contributed by atoms with Crippen LogP contribution in [0.2, 0.25) is 0 Å². The molecule has 0 bridgehead atoms. The molecule has 166 valence electrons. The third kappa shape index (κ3) is 4.03. The monoisotopic (exact) mass is 434 g/mol. The minimum atomic E-state index is -0.223. The predicted octanol–water partition coefficient (Wildman–Crippen LogP) is 3.84. The molecule has 0 unspecified atom stereocenters. The molecule has 2 amide bonds. The van der Waals surface area contributed by atoms with Gasteiger partial charge < -0.3 is 24.4 Å². The largest absolute Gasteiger partial charge is 0.482 e. The molecule has 2 heterocycles. The van der Waals surface area contributed by atoms with Crippen molar-refractivity contribution in [3.8, 4) is 5.75 Å². The van der Waals surface area contributed by atoms with Crippen LogP contribution in [0.25, 0.3) is 0 Å².